The van der Waals surface area contributed by atoms with Crippen molar-refractivity contribution in [2.75, 3.05) is 5.32 Å². The number of benzene rings is 2. The van der Waals surface area contributed by atoms with Gasteiger partial charge in [-0.05, 0) is 34.7 Å². The third-order valence-corrected chi connectivity index (χ3v) is 3.65. The Labute approximate surface area is 139 Å². The Morgan fingerprint density at radius 1 is 0.958 bits per heavy atom. The summed E-state index contributed by atoms with van der Waals surface area (Å²) in [6.45, 7) is 6.27. The molecule has 0 unspecified atom stereocenters. The van der Waals surface area contributed by atoms with E-state index in [1.807, 2.05) is 12.1 Å². The minimum absolute atomic E-state index is 0.0145. The van der Waals surface area contributed by atoms with Gasteiger partial charge in [-0.2, -0.15) is 13.2 Å². The Bertz CT molecular complexity index is 713. The van der Waals surface area contributed by atoms with Crippen molar-refractivity contribution in [2.24, 2.45) is 0 Å². The van der Waals surface area contributed by atoms with Gasteiger partial charge in [0.25, 0.3) is 0 Å². The molecule has 0 aromatic heterocycles. The molecule has 0 saturated carbocycles. The maximum absolute atomic E-state index is 12.7. The van der Waals surface area contributed by atoms with E-state index in [0.717, 1.165) is 17.7 Å². The van der Waals surface area contributed by atoms with E-state index in [1.54, 1.807) is 12.1 Å². The second kappa shape index (κ2) is 6.67. The number of nitrogens with one attached hydrogen (secondary N) is 1. The predicted molar refractivity (Wildman–Crippen MR) is 88.9 cm³/mol. The van der Waals surface area contributed by atoms with E-state index < -0.39 is 11.7 Å². The molecule has 0 aliphatic heterocycles. The van der Waals surface area contributed by atoms with E-state index in [1.165, 1.54) is 12.1 Å². The van der Waals surface area contributed by atoms with Crippen molar-refractivity contribution in [3.63, 3.8) is 0 Å². The third kappa shape index (κ3) is 4.85. The molecule has 0 saturated heterocycles. The molecule has 2 nitrogen and oxygen atoms in total. The second-order valence-electron chi connectivity index (χ2n) is 6.75. The summed E-state index contributed by atoms with van der Waals surface area (Å²) in [5, 5.41) is 2.71. The van der Waals surface area contributed by atoms with E-state index in [-0.39, 0.29) is 17.7 Å². The van der Waals surface area contributed by atoms with E-state index in [9.17, 15) is 18.0 Å². The summed E-state index contributed by atoms with van der Waals surface area (Å²) in [7, 11) is 0. The molecule has 0 spiro atoms. The van der Waals surface area contributed by atoms with Crippen molar-refractivity contribution < 1.29 is 18.0 Å². The molecule has 0 radical (unpaired) electrons. The fourth-order valence-corrected chi connectivity index (χ4v) is 2.30. The van der Waals surface area contributed by atoms with Crippen LogP contribution in [0.15, 0.2) is 48.5 Å². The van der Waals surface area contributed by atoms with Crippen LogP contribution in [0, 0.1) is 0 Å². The molecule has 5 heteroatoms. The number of carbonyl (C=O) groups excluding carboxylic acids is 1. The summed E-state index contributed by atoms with van der Waals surface area (Å²) in [6, 6.07) is 12.3. The number of hydrogen-bond acceptors (Lipinski definition) is 1. The summed E-state index contributed by atoms with van der Waals surface area (Å²) in [6.07, 6.45) is -4.51. The summed E-state index contributed by atoms with van der Waals surface area (Å²) in [4.78, 5) is 12.0. The monoisotopic (exact) mass is 335 g/mol. The van der Waals surface area contributed by atoms with Crippen LogP contribution in [0.3, 0.4) is 0 Å². The number of anilines is 1. The van der Waals surface area contributed by atoms with Crippen LogP contribution >= 0.6 is 0 Å². The number of carbonyl (C=O) groups is 1. The zero-order valence-electron chi connectivity index (χ0n) is 13.9. The van der Waals surface area contributed by atoms with Gasteiger partial charge in [0.1, 0.15) is 0 Å². The van der Waals surface area contributed by atoms with Gasteiger partial charge in [0, 0.05) is 5.69 Å². The second-order valence-corrected chi connectivity index (χ2v) is 6.75. The smallest absolute Gasteiger partial charge is 0.326 e. The topological polar surface area (TPSA) is 29.1 Å². The molecule has 24 heavy (non-hydrogen) atoms. The van der Waals surface area contributed by atoms with E-state index in [0.29, 0.717) is 11.3 Å². The minimum Gasteiger partial charge on any atom is -0.326 e. The highest BCUT2D eigenvalue weighted by Crippen LogP contribution is 2.29. The molecule has 1 N–H and O–H groups in total. The molecular weight excluding hydrogens is 315 g/mol. The van der Waals surface area contributed by atoms with Gasteiger partial charge in [-0.15, -0.1) is 0 Å². The first-order chi connectivity index (χ1) is 11.1. The van der Waals surface area contributed by atoms with Gasteiger partial charge in [-0.3, -0.25) is 4.79 Å². The quantitative estimate of drug-likeness (QED) is 0.822. The van der Waals surface area contributed by atoms with Gasteiger partial charge in [0.2, 0.25) is 5.91 Å². The first-order valence-electron chi connectivity index (χ1n) is 7.62. The lowest BCUT2D eigenvalue weighted by molar-refractivity contribution is -0.137. The molecule has 2 rings (SSSR count). The number of amides is 1. The highest BCUT2D eigenvalue weighted by atomic mass is 19.4. The van der Waals surface area contributed by atoms with Crippen LogP contribution < -0.4 is 5.32 Å². The van der Waals surface area contributed by atoms with Gasteiger partial charge >= 0.3 is 6.18 Å². The fraction of sp³-hybridized carbons (Fsp3) is 0.316. The van der Waals surface area contributed by atoms with Gasteiger partial charge < -0.3 is 5.32 Å². The van der Waals surface area contributed by atoms with Gasteiger partial charge in [0.05, 0.1) is 12.0 Å². The molecule has 0 aliphatic carbocycles. The number of rotatable bonds is 3. The highest BCUT2D eigenvalue weighted by molar-refractivity contribution is 5.92. The summed E-state index contributed by atoms with van der Waals surface area (Å²) in [5.74, 6) is -0.349. The molecule has 0 fully saturated rings. The zero-order chi connectivity index (χ0) is 18.0. The maximum atomic E-state index is 12.7. The molecule has 0 aliphatic rings. The van der Waals surface area contributed by atoms with Crippen LogP contribution in [0.2, 0.25) is 0 Å². The summed E-state index contributed by atoms with van der Waals surface area (Å²) >= 11 is 0. The Balaban J connectivity index is 2.03. The minimum atomic E-state index is -4.41. The molecule has 0 bridgehead atoms. The van der Waals surface area contributed by atoms with Crippen molar-refractivity contribution in [2.45, 2.75) is 38.8 Å². The van der Waals surface area contributed by atoms with E-state index in [4.69, 9.17) is 0 Å². The Kier molecular flexibility index (Phi) is 5.02. The van der Waals surface area contributed by atoms with Crippen LogP contribution in [0.5, 0.6) is 0 Å². The number of halogens is 3. The molecule has 2 aromatic carbocycles. The molecule has 2 aromatic rings. The normalized spacial score (nSPS) is 12.1. The predicted octanol–water partition coefficient (Wildman–Crippen LogP) is 5.18. The highest BCUT2D eigenvalue weighted by Gasteiger charge is 2.30. The van der Waals surface area contributed by atoms with Crippen LogP contribution in [0.4, 0.5) is 18.9 Å². The number of hydrogen-bond donors (Lipinski definition) is 1. The van der Waals surface area contributed by atoms with E-state index >= 15 is 0 Å². The fourth-order valence-electron chi connectivity index (χ4n) is 2.30. The Hall–Kier alpha value is -2.30. The zero-order valence-corrected chi connectivity index (χ0v) is 13.9. The van der Waals surface area contributed by atoms with E-state index in [2.05, 4.69) is 26.1 Å². The van der Waals surface area contributed by atoms with Crippen LogP contribution in [0.25, 0.3) is 0 Å². The van der Waals surface area contributed by atoms with Crippen molar-refractivity contribution in [3.05, 3.63) is 65.2 Å². The van der Waals surface area contributed by atoms with Crippen LogP contribution in [0.1, 0.15) is 37.5 Å². The lowest BCUT2D eigenvalue weighted by Crippen LogP contribution is -2.16. The van der Waals surface area contributed by atoms with Crippen LogP contribution in [-0.2, 0) is 22.8 Å². The Morgan fingerprint density at radius 3 is 2.12 bits per heavy atom. The molecule has 128 valence electrons. The lowest BCUT2D eigenvalue weighted by atomic mass is 9.87. The number of alkyl halides is 3. The maximum Gasteiger partial charge on any atom is 0.416 e. The average molecular weight is 335 g/mol. The molecular formula is C19H20F3NO. The standard InChI is InChI=1S/C19H20F3NO/c1-18(2,3)14-7-9-16(10-8-14)23-17(24)12-13-5-4-6-15(11-13)19(20,21)22/h4-11H,12H2,1-3H3,(H,23,24). The van der Waals surface area contributed by atoms with Crippen LogP contribution in [-0.4, -0.2) is 5.91 Å². The third-order valence-electron chi connectivity index (χ3n) is 3.65. The summed E-state index contributed by atoms with van der Waals surface area (Å²) in [5.41, 5.74) is 1.36. The van der Waals surface area contributed by atoms with Crippen molar-refractivity contribution in [1.82, 2.24) is 0 Å². The van der Waals surface area contributed by atoms with Gasteiger partial charge in [-0.25, -0.2) is 0 Å². The Morgan fingerprint density at radius 2 is 1.58 bits per heavy atom. The van der Waals surface area contributed by atoms with Crippen molar-refractivity contribution in [1.29, 1.82) is 0 Å². The van der Waals surface area contributed by atoms with Crippen molar-refractivity contribution >= 4 is 11.6 Å². The lowest BCUT2D eigenvalue weighted by Gasteiger charge is -2.19. The molecule has 0 heterocycles. The largest absolute Gasteiger partial charge is 0.416 e. The van der Waals surface area contributed by atoms with Crippen molar-refractivity contribution in [3.8, 4) is 0 Å². The molecule has 0 atom stereocenters. The first-order valence-corrected chi connectivity index (χ1v) is 7.62. The van der Waals surface area contributed by atoms with Gasteiger partial charge in [-0.1, -0.05) is 51.1 Å². The average Bonchev–Trinajstić information content (AvgIpc) is 2.46. The first kappa shape index (κ1) is 18.0. The van der Waals surface area contributed by atoms with Gasteiger partial charge in [0.15, 0.2) is 0 Å². The SMILES string of the molecule is CC(C)(C)c1ccc(NC(=O)Cc2cccc(C(F)(F)F)c2)cc1. The summed E-state index contributed by atoms with van der Waals surface area (Å²) < 4.78 is 38.1. The molecule has 1 amide bonds.